The van der Waals surface area contributed by atoms with Crippen LogP contribution in [0, 0.1) is 0 Å². The van der Waals surface area contributed by atoms with Gasteiger partial charge in [0, 0.05) is 12.5 Å². The normalized spacial score (nSPS) is 16.9. The van der Waals surface area contributed by atoms with Gasteiger partial charge < -0.3 is 10.6 Å². The van der Waals surface area contributed by atoms with E-state index in [4.69, 9.17) is 0 Å². The fraction of sp³-hybridized carbons (Fsp3) is 0.500. The number of rotatable bonds is 7. The minimum Gasteiger partial charge on any atom is -0.352 e. The number of hydrogen-bond acceptors (Lipinski definition) is 3. The van der Waals surface area contributed by atoms with Crippen LogP contribution in [0.3, 0.4) is 0 Å². The average Bonchev–Trinajstić information content (AvgIpc) is 3.30. The molecule has 1 aromatic rings. The fourth-order valence-electron chi connectivity index (χ4n) is 1.98. The zero-order valence-electron chi connectivity index (χ0n) is 12.5. The summed E-state index contributed by atoms with van der Waals surface area (Å²) in [4.78, 5) is 24.4. The molecule has 0 radical (unpaired) electrons. The lowest BCUT2D eigenvalue weighted by Crippen LogP contribution is -2.50. The summed E-state index contributed by atoms with van der Waals surface area (Å²) in [6.45, 7) is 1.85. The molecule has 2 amide bonds. The molecule has 114 valence electrons. The monoisotopic (exact) mass is 306 g/mol. The Morgan fingerprint density at radius 3 is 2.48 bits per heavy atom. The molecule has 0 heterocycles. The number of carbonyl (C=O) groups is 2. The first kappa shape index (κ1) is 15.9. The van der Waals surface area contributed by atoms with Gasteiger partial charge in [0.1, 0.15) is 6.04 Å². The standard InChI is InChI=1S/C16H22N2O2S/c1-11(21-2)15(19)18-14(16(20)17-13-8-9-13)10-12-6-4-3-5-7-12/h3-7,11,13-14H,8-10H2,1-2H3,(H,17,20)(H,18,19)/t11-,14-/m1/s1. The minimum atomic E-state index is -0.505. The SMILES string of the molecule is CS[C@H](C)C(=O)N[C@H](Cc1ccccc1)C(=O)NC1CC1. The van der Waals surface area contributed by atoms with Gasteiger partial charge in [-0.25, -0.2) is 0 Å². The highest BCUT2D eigenvalue weighted by Gasteiger charge is 2.29. The highest BCUT2D eigenvalue weighted by Crippen LogP contribution is 2.19. The first-order valence-corrected chi connectivity index (χ1v) is 8.56. The molecule has 0 aromatic heterocycles. The molecule has 2 rings (SSSR count). The molecule has 2 atom stereocenters. The Bertz CT molecular complexity index is 488. The molecule has 0 saturated heterocycles. The molecular weight excluding hydrogens is 284 g/mol. The Labute approximate surface area is 130 Å². The van der Waals surface area contributed by atoms with Crippen molar-refractivity contribution >= 4 is 23.6 Å². The van der Waals surface area contributed by atoms with Crippen LogP contribution >= 0.6 is 11.8 Å². The van der Waals surface area contributed by atoms with Crippen LogP contribution < -0.4 is 10.6 Å². The highest BCUT2D eigenvalue weighted by atomic mass is 32.2. The van der Waals surface area contributed by atoms with Gasteiger partial charge in [0.25, 0.3) is 0 Å². The van der Waals surface area contributed by atoms with E-state index >= 15 is 0 Å². The van der Waals surface area contributed by atoms with Crippen molar-refractivity contribution in [2.45, 2.75) is 43.5 Å². The van der Waals surface area contributed by atoms with E-state index in [1.807, 2.05) is 43.5 Å². The maximum absolute atomic E-state index is 12.3. The maximum atomic E-state index is 12.3. The van der Waals surface area contributed by atoms with E-state index in [1.165, 1.54) is 11.8 Å². The van der Waals surface area contributed by atoms with Gasteiger partial charge in [-0.15, -0.1) is 0 Å². The molecule has 0 spiro atoms. The lowest BCUT2D eigenvalue weighted by molar-refractivity contribution is -0.128. The first-order valence-electron chi connectivity index (χ1n) is 7.27. The number of nitrogens with one attached hydrogen (secondary N) is 2. The number of hydrogen-bond donors (Lipinski definition) is 2. The second-order valence-corrected chi connectivity index (χ2v) is 6.59. The Balaban J connectivity index is 2.01. The van der Waals surface area contributed by atoms with Gasteiger partial charge in [-0.3, -0.25) is 9.59 Å². The zero-order valence-corrected chi connectivity index (χ0v) is 13.3. The van der Waals surface area contributed by atoms with Crippen molar-refractivity contribution in [2.24, 2.45) is 0 Å². The lowest BCUT2D eigenvalue weighted by atomic mass is 10.0. The topological polar surface area (TPSA) is 58.2 Å². The van der Waals surface area contributed by atoms with Crippen LogP contribution in [0.5, 0.6) is 0 Å². The lowest BCUT2D eigenvalue weighted by Gasteiger charge is -2.20. The van der Waals surface area contributed by atoms with E-state index < -0.39 is 6.04 Å². The Morgan fingerprint density at radius 1 is 1.24 bits per heavy atom. The minimum absolute atomic E-state index is 0.0805. The summed E-state index contributed by atoms with van der Waals surface area (Å²) in [5, 5.41) is 5.70. The number of carbonyl (C=O) groups excluding carboxylic acids is 2. The van der Waals surface area contributed by atoms with Crippen molar-refractivity contribution in [1.29, 1.82) is 0 Å². The number of amides is 2. The molecular formula is C16H22N2O2S. The van der Waals surface area contributed by atoms with Crippen molar-refractivity contribution < 1.29 is 9.59 Å². The molecule has 21 heavy (non-hydrogen) atoms. The molecule has 0 unspecified atom stereocenters. The second kappa shape index (κ2) is 7.50. The summed E-state index contributed by atoms with van der Waals surface area (Å²) in [5.41, 5.74) is 1.05. The van der Waals surface area contributed by atoms with Gasteiger partial charge >= 0.3 is 0 Å². The van der Waals surface area contributed by atoms with E-state index in [-0.39, 0.29) is 17.1 Å². The van der Waals surface area contributed by atoms with Crippen LogP contribution in [0.1, 0.15) is 25.3 Å². The predicted octanol–water partition coefficient (Wildman–Crippen LogP) is 1.74. The number of thioether (sulfide) groups is 1. The second-order valence-electron chi connectivity index (χ2n) is 5.41. The summed E-state index contributed by atoms with van der Waals surface area (Å²) < 4.78 is 0. The molecule has 1 saturated carbocycles. The fourth-order valence-corrected chi connectivity index (χ4v) is 2.27. The molecule has 4 nitrogen and oxygen atoms in total. The van der Waals surface area contributed by atoms with Crippen LogP contribution in [0.4, 0.5) is 0 Å². The molecule has 1 aliphatic carbocycles. The van der Waals surface area contributed by atoms with Crippen LogP contribution in [0.15, 0.2) is 30.3 Å². The molecule has 1 aromatic carbocycles. The zero-order chi connectivity index (χ0) is 15.2. The van der Waals surface area contributed by atoms with Crippen molar-refractivity contribution in [1.82, 2.24) is 10.6 Å². The van der Waals surface area contributed by atoms with Crippen LogP contribution in [0.25, 0.3) is 0 Å². The smallest absolute Gasteiger partial charge is 0.243 e. The van der Waals surface area contributed by atoms with Gasteiger partial charge in [-0.05, 0) is 31.6 Å². The quantitative estimate of drug-likeness (QED) is 0.807. The average molecular weight is 306 g/mol. The summed E-state index contributed by atoms with van der Waals surface area (Å²) in [7, 11) is 0. The van der Waals surface area contributed by atoms with Gasteiger partial charge in [0.05, 0.1) is 5.25 Å². The highest BCUT2D eigenvalue weighted by molar-refractivity contribution is 7.99. The van der Waals surface area contributed by atoms with Gasteiger partial charge in [0.15, 0.2) is 0 Å². The van der Waals surface area contributed by atoms with Gasteiger partial charge in [-0.2, -0.15) is 11.8 Å². The van der Waals surface area contributed by atoms with Gasteiger partial charge in [0.2, 0.25) is 11.8 Å². The predicted molar refractivity (Wildman–Crippen MR) is 86.2 cm³/mol. The third-order valence-electron chi connectivity index (χ3n) is 3.56. The summed E-state index contributed by atoms with van der Waals surface area (Å²) >= 11 is 1.48. The summed E-state index contributed by atoms with van der Waals surface area (Å²) in [5.74, 6) is -0.169. The largest absolute Gasteiger partial charge is 0.352 e. The van der Waals surface area contributed by atoms with Crippen molar-refractivity contribution in [3.8, 4) is 0 Å². The van der Waals surface area contributed by atoms with Crippen molar-refractivity contribution in [3.05, 3.63) is 35.9 Å². The van der Waals surface area contributed by atoms with E-state index in [2.05, 4.69) is 10.6 Å². The van der Waals surface area contributed by atoms with Crippen LogP contribution in [0.2, 0.25) is 0 Å². The van der Waals surface area contributed by atoms with E-state index in [0.717, 1.165) is 18.4 Å². The Morgan fingerprint density at radius 2 is 1.90 bits per heavy atom. The van der Waals surface area contributed by atoms with E-state index in [1.54, 1.807) is 0 Å². The molecule has 1 fully saturated rings. The van der Waals surface area contributed by atoms with Gasteiger partial charge in [-0.1, -0.05) is 30.3 Å². The molecule has 1 aliphatic rings. The van der Waals surface area contributed by atoms with E-state index in [0.29, 0.717) is 12.5 Å². The Hall–Kier alpha value is -1.49. The van der Waals surface area contributed by atoms with Crippen molar-refractivity contribution in [2.75, 3.05) is 6.26 Å². The number of benzene rings is 1. The third kappa shape index (κ3) is 5.08. The van der Waals surface area contributed by atoms with Crippen LogP contribution in [-0.4, -0.2) is 35.4 Å². The molecule has 0 bridgehead atoms. The van der Waals surface area contributed by atoms with Crippen molar-refractivity contribution in [3.63, 3.8) is 0 Å². The first-order chi connectivity index (χ1) is 10.1. The molecule has 0 aliphatic heterocycles. The Kier molecular flexibility index (Phi) is 5.67. The summed E-state index contributed by atoms with van der Waals surface area (Å²) in [6.07, 6.45) is 4.49. The maximum Gasteiger partial charge on any atom is 0.243 e. The van der Waals surface area contributed by atoms with Crippen LogP contribution in [-0.2, 0) is 16.0 Å². The molecule has 5 heteroatoms. The summed E-state index contributed by atoms with van der Waals surface area (Å²) in [6, 6.07) is 9.57. The third-order valence-corrected chi connectivity index (χ3v) is 4.48. The molecule has 2 N–H and O–H groups in total. The van der Waals surface area contributed by atoms with E-state index in [9.17, 15) is 9.59 Å².